The van der Waals surface area contributed by atoms with Crippen LogP contribution in [0.1, 0.15) is 32.1 Å². The first-order valence-corrected chi connectivity index (χ1v) is 5.41. The summed E-state index contributed by atoms with van der Waals surface area (Å²) in [6.07, 6.45) is 5.83. The van der Waals surface area contributed by atoms with Crippen molar-refractivity contribution in [2.75, 3.05) is 0 Å². The summed E-state index contributed by atoms with van der Waals surface area (Å²) in [5.41, 5.74) is 0. The van der Waals surface area contributed by atoms with Crippen LogP contribution in [0.5, 0.6) is 11.5 Å². The summed E-state index contributed by atoms with van der Waals surface area (Å²) in [6, 6.07) is 3.87. The van der Waals surface area contributed by atoms with Gasteiger partial charge in [-0.25, -0.2) is 4.39 Å². The predicted octanol–water partition coefficient (Wildman–Crippen LogP) is 3.24. The normalized spacial score (nSPS) is 17.7. The molecule has 1 aromatic carbocycles. The lowest BCUT2D eigenvalue weighted by atomic mass is 9.98. The highest BCUT2D eigenvalue weighted by Gasteiger charge is 2.16. The maximum absolute atomic E-state index is 12.7. The van der Waals surface area contributed by atoms with Gasteiger partial charge in [-0.1, -0.05) is 6.42 Å². The van der Waals surface area contributed by atoms with Crippen LogP contribution in [0.3, 0.4) is 0 Å². The van der Waals surface area contributed by atoms with Gasteiger partial charge in [0.25, 0.3) is 0 Å². The molecule has 0 spiro atoms. The highest BCUT2D eigenvalue weighted by molar-refractivity contribution is 5.38. The van der Waals surface area contributed by atoms with Gasteiger partial charge in [0.15, 0.2) is 11.5 Å². The molecule has 1 fully saturated rings. The number of halogens is 1. The largest absolute Gasteiger partial charge is 0.504 e. The molecule has 1 N–H and O–H groups in total. The summed E-state index contributed by atoms with van der Waals surface area (Å²) in [6.45, 7) is 0. The fraction of sp³-hybridized carbons (Fsp3) is 0.500. The molecule has 0 heterocycles. The molecule has 0 aliphatic heterocycles. The van der Waals surface area contributed by atoms with Gasteiger partial charge in [0.2, 0.25) is 0 Å². The van der Waals surface area contributed by atoms with E-state index in [1.165, 1.54) is 31.4 Å². The molecule has 0 saturated heterocycles. The summed E-state index contributed by atoms with van der Waals surface area (Å²) in [7, 11) is 0. The predicted molar refractivity (Wildman–Crippen MR) is 55.6 cm³/mol. The molecule has 0 bridgehead atoms. The van der Waals surface area contributed by atoms with Crippen molar-refractivity contribution in [1.82, 2.24) is 0 Å². The van der Waals surface area contributed by atoms with Crippen LogP contribution in [-0.4, -0.2) is 11.2 Å². The van der Waals surface area contributed by atoms with Gasteiger partial charge in [-0.2, -0.15) is 0 Å². The maximum Gasteiger partial charge on any atom is 0.161 e. The second kappa shape index (κ2) is 4.51. The highest BCUT2D eigenvalue weighted by Crippen LogP contribution is 2.30. The van der Waals surface area contributed by atoms with Crippen molar-refractivity contribution >= 4 is 0 Å². The topological polar surface area (TPSA) is 29.5 Å². The highest BCUT2D eigenvalue weighted by atomic mass is 19.1. The van der Waals surface area contributed by atoms with Gasteiger partial charge in [-0.3, -0.25) is 0 Å². The van der Waals surface area contributed by atoms with Crippen LogP contribution in [0.4, 0.5) is 4.39 Å². The van der Waals surface area contributed by atoms with E-state index in [1.807, 2.05) is 0 Å². The molecule has 2 rings (SSSR count). The first-order valence-electron chi connectivity index (χ1n) is 5.41. The monoisotopic (exact) mass is 210 g/mol. The Morgan fingerprint density at radius 2 is 1.93 bits per heavy atom. The van der Waals surface area contributed by atoms with E-state index in [0.29, 0.717) is 5.75 Å². The van der Waals surface area contributed by atoms with Gasteiger partial charge in [-0.05, 0) is 37.8 Å². The smallest absolute Gasteiger partial charge is 0.161 e. The Balaban J connectivity index is 2.03. The molecule has 3 heteroatoms. The standard InChI is InChI=1S/C12H15FO2/c13-9-6-7-12(11(14)8-9)15-10-4-2-1-3-5-10/h6-8,10,14H,1-5H2. The van der Waals surface area contributed by atoms with E-state index in [-0.39, 0.29) is 11.9 Å². The van der Waals surface area contributed by atoms with Crippen molar-refractivity contribution in [2.24, 2.45) is 0 Å². The number of aromatic hydroxyl groups is 1. The van der Waals surface area contributed by atoms with E-state index in [4.69, 9.17) is 4.74 Å². The Bertz CT molecular complexity index is 332. The van der Waals surface area contributed by atoms with Crippen molar-refractivity contribution in [3.63, 3.8) is 0 Å². The van der Waals surface area contributed by atoms with Crippen molar-refractivity contribution in [2.45, 2.75) is 38.2 Å². The second-order valence-corrected chi connectivity index (χ2v) is 3.99. The number of hydrogen-bond acceptors (Lipinski definition) is 2. The number of rotatable bonds is 2. The second-order valence-electron chi connectivity index (χ2n) is 3.99. The summed E-state index contributed by atoms with van der Waals surface area (Å²) < 4.78 is 18.3. The van der Waals surface area contributed by atoms with E-state index < -0.39 is 5.82 Å². The van der Waals surface area contributed by atoms with Gasteiger partial charge < -0.3 is 9.84 Å². The van der Waals surface area contributed by atoms with Gasteiger partial charge in [0.1, 0.15) is 5.82 Å². The molecular weight excluding hydrogens is 195 g/mol. The SMILES string of the molecule is Oc1cc(F)ccc1OC1CCCCC1. The molecule has 0 atom stereocenters. The molecule has 1 aromatic rings. The van der Waals surface area contributed by atoms with E-state index in [1.54, 1.807) is 0 Å². The van der Waals surface area contributed by atoms with Gasteiger partial charge in [0.05, 0.1) is 6.10 Å². The summed E-state index contributed by atoms with van der Waals surface area (Å²) in [5, 5.41) is 9.46. The Kier molecular flexibility index (Phi) is 3.09. The van der Waals surface area contributed by atoms with Crippen LogP contribution in [0.25, 0.3) is 0 Å². The quantitative estimate of drug-likeness (QED) is 0.812. The minimum atomic E-state index is -0.441. The van der Waals surface area contributed by atoms with Crippen LogP contribution in [-0.2, 0) is 0 Å². The molecule has 1 saturated carbocycles. The molecule has 82 valence electrons. The Morgan fingerprint density at radius 3 is 2.60 bits per heavy atom. The van der Waals surface area contributed by atoms with Crippen LogP contribution in [0.15, 0.2) is 18.2 Å². The number of phenols is 1. The summed E-state index contributed by atoms with van der Waals surface area (Å²) in [4.78, 5) is 0. The van der Waals surface area contributed by atoms with Crippen molar-refractivity contribution in [3.8, 4) is 11.5 Å². The Labute approximate surface area is 88.7 Å². The third-order valence-corrected chi connectivity index (χ3v) is 2.77. The van der Waals surface area contributed by atoms with E-state index in [0.717, 1.165) is 18.9 Å². The van der Waals surface area contributed by atoms with E-state index >= 15 is 0 Å². The minimum absolute atomic E-state index is 0.111. The van der Waals surface area contributed by atoms with Gasteiger partial charge in [0, 0.05) is 6.07 Å². The number of ether oxygens (including phenoxy) is 1. The molecule has 0 amide bonds. The number of hydrogen-bond donors (Lipinski definition) is 1. The first kappa shape index (κ1) is 10.3. The lowest BCUT2D eigenvalue weighted by Gasteiger charge is -2.23. The zero-order chi connectivity index (χ0) is 10.7. The molecule has 2 nitrogen and oxygen atoms in total. The number of phenolic OH excluding ortho intramolecular Hbond substituents is 1. The molecule has 0 unspecified atom stereocenters. The van der Waals surface area contributed by atoms with Crippen molar-refractivity contribution < 1.29 is 14.2 Å². The van der Waals surface area contributed by atoms with Gasteiger partial charge >= 0.3 is 0 Å². The fourth-order valence-electron chi connectivity index (χ4n) is 1.95. The van der Waals surface area contributed by atoms with Crippen molar-refractivity contribution in [1.29, 1.82) is 0 Å². The van der Waals surface area contributed by atoms with Crippen LogP contribution >= 0.6 is 0 Å². The zero-order valence-corrected chi connectivity index (χ0v) is 8.58. The van der Waals surface area contributed by atoms with E-state index in [2.05, 4.69) is 0 Å². The summed E-state index contributed by atoms with van der Waals surface area (Å²) >= 11 is 0. The summed E-state index contributed by atoms with van der Waals surface area (Å²) in [5.74, 6) is -0.160. The van der Waals surface area contributed by atoms with Crippen LogP contribution in [0.2, 0.25) is 0 Å². The van der Waals surface area contributed by atoms with Gasteiger partial charge in [-0.15, -0.1) is 0 Å². The fourth-order valence-corrected chi connectivity index (χ4v) is 1.95. The number of benzene rings is 1. The zero-order valence-electron chi connectivity index (χ0n) is 8.58. The Hall–Kier alpha value is -1.25. The lowest BCUT2D eigenvalue weighted by Crippen LogP contribution is -2.19. The van der Waals surface area contributed by atoms with Crippen LogP contribution in [0, 0.1) is 5.82 Å². The average molecular weight is 210 g/mol. The maximum atomic E-state index is 12.7. The third kappa shape index (κ3) is 2.61. The average Bonchev–Trinajstić information content (AvgIpc) is 2.24. The molecular formula is C12H15FO2. The molecule has 1 aliphatic rings. The molecule has 15 heavy (non-hydrogen) atoms. The molecule has 0 aromatic heterocycles. The third-order valence-electron chi connectivity index (χ3n) is 2.77. The first-order chi connectivity index (χ1) is 7.25. The lowest BCUT2D eigenvalue weighted by molar-refractivity contribution is 0.150. The van der Waals surface area contributed by atoms with E-state index in [9.17, 15) is 9.50 Å². The minimum Gasteiger partial charge on any atom is -0.504 e. The Morgan fingerprint density at radius 1 is 1.20 bits per heavy atom. The van der Waals surface area contributed by atoms with Crippen molar-refractivity contribution in [3.05, 3.63) is 24.0 Å². The van der Waals surface area contributed by atoms with Crippen LogP contribution < -0.4 is 4.74 Å². The molecule has 0 radical (unpaired) electrons. The molecule has 1 aliphatic carbocycles.